The molecular formula is C37H30FN5O4S. The molecular weight excluding hydrogens is 630 g/mol. The quantitative estimate of drug-likeness (QED) is 0.214. The van der Waals surface area contributed by atoms with Crippen molar-refractivity contribution < 1.29 is 18.7 Å². The second-order valence-electron chi connectivity index (χ2n) is 11.4. The summed E-state index contributed by atoms with van der Waals surface area (Å²) in [7, 11) is 0. The Kier molecular flexibility index (Phi) is 8.87. The third-order valence-electron chi connectivity index (χ3n) is 8.22. The fourth-order valence-electron chi connectivity index (χ4n) is 5.67. The van der Waals surface area contributed by atoms with Crippen molar-refractivity contribution in [2.24, 2.45) is 0 Å². The Balaban J connectivity index is 1.05. The minimum atomic E-state index is -0.713. The van der Waals surface area contributed by atoms with Crippen molar-refractivity contribution in [3.05, 3.63) is 148 Å². The molecule has 0 radical (unpaired) electrons. The molecule has 1 fully saturated rings. The van der Waals surface area contributed by atoms with Gasteiger partial charge < -0.3 is 19.5 Å². The number of benzene rings is 3. The van der Waals surface area contributed by atoms with Crippen LogP contribution in [0, 0.1) is 5.82 Å². The minimum Gasteiger partial charge on any atom is -0.378 e. The number of amides is 2. The summed E-state index contributed by atoms with van der Waals surface area (Å²) in [5.41, 5.74) is 4.08. The van der Waals surface area contributed by atoms with Gasteiger partial charge in [-0.1, -0.05) is 48.5 Å². The lowest BCUT2D eigenvalue weighted by Gasteiger charge is -2.26. The molecule has 4 heterocycles. The van der Waals surface area contributed by atoms with E-state index >= 15 is 4.39 Å². The van der Waals surface area contributed by atoms with Gasteiger partial charge in [0.25, 0.3) is 17.4 Å². The molecule has 2 amide bonds. The van der Waals surface area contributed by atoms with Crippen molar-refractivity contribution in [3.8, 4) is 10.4 Å². The van der Waals surface area contributed by atoms with Crippen molar-refractivity contribution in [2.75, 3.05) is 31.6 Å². The van der Waals surface area contributed by atoms with E-state index in [1.165, 1.54) is 23.0 Å². The smallest absolute Gasteiger partial charge is 0.282 e. The van der Waals surface area contributed by atoms with Gasteiger partial charge in [-0.25, -0.2) is 9.37 Å². The Morgan fingerprint density at radius 1 is 0.896 bits per heavy atom. The van der Waals surface area contributed by atoms with E-state index in [1.54, 1.807) is 34.6 Å². The van der Waals surface area contributed by atoms with Crippen molar-refractivity contribution in [1.82, 2.24) is 19.4 Å². The molecule has 0 saturated carbocycles. The highest BCUT2D eigenvalue weighted by Gasteiger charge is 2.19. The topological polar surface area (TPSA) is 106 Å². The Labute approximate surface area is 279 Å². The molecule has 0 unspecified atom stereocenters. The number of aromatic nitrogens is 3. The number of pyridine rings is 1. The lowest BCUT2D eigenvalue weighted by molar-refractivity contribution is 0.0303. The van der Waals surface area contributed by atoms with Gasteiger partial charge in [-0.15, -0.1) is 11.3 Å². The zero-order valence-electron chi connectivity index (χ0n) is 25.8. The summed E-state index contributed by atoms with van der Waals surface area (Å²) >= 11 is 1.56. The van der Waals surface area contributed by atoms with Crippen molar-refractivity contribution in [1.29, 1.82) is 0 Å². The molecule has 0 aliphatic carbocycles. The Morgan fingerprint density at radius 3 is 2.46 bits per heavy atom. The van der Waals surface area contributed by atoms with E-state index in [2.05, 4.69) is 15.3 Å². The number of halogens is 1. The zero-order valence-corrected chi connectivity index (χ0v) is 26.6. The highest BCUT2D eigenvalue weighted by atomic mass is 32.1. The van der Waals surface area contributed by atoms with Crippen LogP contribution in [0.2, 0.25) is 0 Å². The largest absolute Gasteiger partial charge is 0.378 e. The Hall–Kier alpha value is -5.52. The van der Waals surface area contributed by atoms with Gasteiger partial charge in [-0.05, 0) is 58.7 Å². The maximum Gasteiger partial charge on any atom is 0.282 e. The predicted octanol–water partition coefficient (Wildman–Crippen LogP) is 6.02. The lowest BCUT2D eigenvalue weighted by Crippen LogP contribution is -2.40. The van der Waals surface area contributed by atoms with Gasteiger partial charge in [0.05, 0.1) is 30.0 Å². The highest BCUT2D eigenvalue weighted by molar-refractivity contribution is 7.22. The molecule has 3 aromatic heterocycles. The zero-order chi connectivity index (χ0) is 33.0. The summed E-state index contributed by atoms with van der Waals surface area (Å²) in [5, 5.41) is 2.61. The van der Waals surface area contributed by atoms with Crippen LogP contribution in [0.1, 0.15) is 37.5 Å². The molecule has 1 N–H and O–H groups in total. The molecule has 7 rings (SSSR count). The number of fused-ring (bicyclic) bond motifs is 1. The number of ether oxygens (including phenoxy) is 1. The molecule has 6 aromatic rings. The monoisotopic (exact) mass is 659 g/mol. The number of nitrogens with zero attached hydrogens (tertiary/aromatic N) is 4. The van der Waals surface area contributed by atoms with Gasteiger partial charge in [-0.3, -0.25) is 19.4 Å². The van der Waals surface area contributed by atoms with Crippen molar-refractivity contribution >= 4 is 39.1 Å². The molecule has 3 aromatic carbocycles. The van der Waals surface area contributed by atoms with Gasteiger partial charge >= 0.3 is 0 Å². The first kappa shape index (κ1) is 31.1. The molecule has 1 aliphatic rings. The first-order valence-corrected chi connectivity index (χ1v) is 16.3. The van der Waals surface area contributed by atoms with E-state index in [4.69, 9.17) is 4.74 Å². The van der Waals surface area contributed by atoms with Crippen LogP contribution in [-0.2, 0) is 17.7 Å². The Bertz CT molecular complexity index is 2180. The minimum absolute atomic E-state index is 0.00313. The van der Waals surface area contributed by atoms with Gasteiger partial charge in [0.1, 0.15) is 5.82 Å². The SMILES string of the molecule is O=C(Nc1ccc(Cc2ccnc3cc(-c4ccc(C(=O)N5CCOCC5)cc4)sc23)c(F)c1)c1nccn(Cc2ccccc2)c1=O. The summed E-state index contributed by atoms with van der Waals surface area (Å²) in [5.74, 6) is -1.20. The summed E-state index contributed by atoms with van der Waals surface area (Å²) in [6, 6.07) is 25.3. The van der Waals surface area contributed by atoms with Crippen LogP contribution in [-0.4, -0.2) is 57.6 Å². The average molecular weight is 660 g/mol. The first-order valence-electron chi connectivity index (χ1n) is 15.5. The predicted molar refractivity (Wildman–Crippen MR) is 183 cm³/mol. The third kappa shape index (κ3) is 6.64. The summed E-state index contributed by atoms with van der Waals surface area (Å²) < 4.78 is 23.1. The molecule has 240 valence electrons. The fourth-order valence-corrected chi connectivity index (χ4v) is 6.80. The van der Waals surface area contributed by atoms with Crippen LogP contribution in [0.4, 0.5) is 10.1 Å². The van der Waals surface area contributed by atoms with Crippen LogP contribution in [0.15, 0.2) is 108 Å². The van der Waals surface area contributed by atoms with Crippen molar-refractivity contribution in [3.63, 3.8) is 0 Å². The van der Waals surface area contributed by atoms with Crippen LogP contribution in [0.5, 0.6) is 0 Å². The molecule has 1 saturated heterocycles. The molecule has 11 heteroatoms. The normalized spacial score (nSPS) is 13.1. The lowest BCUT2D eigenvalue weighted by atomic mass is 10.0. The summed E-state index contributed by atoms with van der Waals surface area (Å²) in [4.78, 5) is 50.1. The maximum atomic E-state index is 15.4. The average Bonchev–Trinajstić information content (AvgIpc) is 3.56. The van der Waals surface area contributed by atoms with Gasteiger partial charge in [0, 0.05) is 54.2 Å². The molecule has 0 atom stereocenters. The van der Waals surface area contributed by atoms with Gasteiger partial charge in [0.15, 0.2) is 5.69 Å². The van der Waals surface area contributed by atoms with E-state index in [0.29, 0.717) is 50.4 Å². The molecule has 9 nitrogen and oxygen atoms in total. The van der Waals surface area contributed by atoms with E-state index in [1.807, 2.05) is 66.7 Å². The number of hydrogen-bond donors (Lipinski definition) is 1. The number of carbonyl (C=O) groups is 2. The molecule has 1 aliphatic heterocycles. The van der Waals surface area contributed by atoms with Gasteiger partial charge in [0.2, 0.25) is 0 Å². The second kappa shape index (κ2) is 13.7. The maximum absolute atomic E-state index is 15.4. The molecule has 0 bridgehead atoms. The number of morpholine rings is 1. The fraction of sp³-hybridized carbons (Fsp3) is 0.162. The van der Waals surface area contributed by atoms with E-state index in [0.717, 1.165) is 31.8 Å². The number of carbonyl (C=O) groups excluding carboxylic acids is 2. The number of anilines is 1. The summed E-state index contributed by atoms with van der Waals surface area (Å²) in [6.07, 6.45) is 4.95. The number of rotatable bonds is 8. The van der Waals surface area contributed by atoms with Crippen LogP contribution >= 0.6 is 11.3 Å². The number of nitrogens with one attached hydrogen (secondary N) is 1. The standard InChI is InChI=1S/C37H30FN5O4S/c38-30-21-29(41-35(44)33-37(46)43(15-14-40-33)23-24-4-2-1-3-5-24)11-10-27(30)20-28-12-13-39-31-22-32(48-34(28)31)25-6-8-26(9-7-25)36(45)42-16-18-47-19-17-42/h1-15,21-22H,16-20,23H2,(H,41,44). The van der Waals surface area contributed by atoms with Crippen LogP contribution in [0.3, 0.4) is 0 Å². The van der Waals surface area contributed by atoms with Crippen LogP contribution in [0.25, 0.3) is 20.7 Å². The summed E-state index contributed by atoms with van der Waals surface area (Å²) in [6.45, 7) is 2.58. The first-order chi connectivity index (χ1) is 23.4. The molecule has 48 heavy (non-hydrogen) atoms. The van der Waals surface area contributed by atoms with Crippen molar-refractivity contribution in [2.45, 2.75) is 13.0 Å². The highest BCUT2D eigenvalue weighted by Crippen LogP contribution is 2.35. The van der Waals surface area contributed by atoms with E-state index in [9.17, 15) is 14.4 Å². The molecule has 0 spiro atoms. The number of thiophene rings is 1. The Morgan fingerprint density at radius 2 is 1.69 bits per heavy atom. The van der Waals surface area contributed by atoms with E-state index in [-0.39, 0.29) is 17.3 Å². The second-order valence-corrected chi connectivity index (χ2v) is 12.5. The van der Waals surface area contributed by atoms with E-state index < -0.39 is 17.3 Å². The third-order valence-corrected chi connectivity index (χ3v) is 9.47. The van der Waals surface area contributed by atoms with Crippen LogP contribution < -0.4 is 10.9 Å². The number of hydrogen-bond acceptors (Lipinski definition) is 7. The van der Waals surface area contributed by atoms with Gasteiger partial charge in [-0.2, -0.15) is 0 Å².